The highest BCUT2D eigenvalue weighted by molar-refractivity contribution is 6.08. The van der Waals surface area contributed by atoms with E-state index in [2.05, 4.69) is 23.4 Å². The van der Waals surface area contributed by atoms with Crippen molar-refractivity contribution in [3.63, 3.8) is 0 Å². The maximum absolute atomic E-state index is 11.9. The Balaban J connectivity index is 2.30. The van der Waals surface area contributed by atoms with Crippen LogP contribution in [0.1, 0.15) is 17.5 Å². The first-order chi connectivity index (χ1) is 10.00. The molecule has 0 saturated carbocycles. The molecule has 1 aromatic rings. The molecule has 4 heteroatoms. The molecule has 1 atom stereocenters. The molecule has 0 radical (unpaired) electrons. The van der Waals surface area contributed by atoms with Crippen molar-refractivity contribution in [2.24, 2.45) is 4.99 Å². The number of rotatable bonds is 2. The summed E-state index contributed by atoms with van der Waals surface area (Å²) in [6.45, 7) is 4.24. The molecule has 1 unspecified atom stereocenters. The molecule has 1 aliphatic heterocycles. The van der Waals surface area contributed by atoms with Gasteiger partial charge in [0.15, 0.2) is 0 Å². The van der Waals surface area contributed by atoms with Gasteiger partial charge in [0.25, 0.3) is 5.91 Å². The Labute approximate surface area is 124 Å². The second-order valence-corrected chi connectivity index (χ2v) is 4.98. The van der Waals surface area contributed by atoms with Crippen LogP contribution < -0.4 is 0 Å². The van der Waals surface area contributed by atoms with Crippen LogP contribution in [-0.4, -0.2) is 47.9 Å². The van der Waals surface area contributed by atoms with Crippen LogP contribution in [0.2, 0.25) is 0 Å². The molecule has 0 spiro atoms. The summed E-state index contributed by atoms with van der Waals surface area (Å²) in [4.78, 5) is 17.5. The fourth-order valence-electron chi connectivity index (χ4n) is 2.24. The molecule has 1 saturated heterocycles. The summed E-state index contributed by atoms with van der Waals surface area (Å²) in [6.07, 6.45) is 2.01. The van der Waals surface area contributed by atoms with Crippen molar-refractivity contribution in [2.75, 3.05) is 20.6 Å². The summed E-state index contributed by atoms with van der Waals surface area (Å²) in [5, 5.41) is 10.3. The summed E-state index contributed by atoms with van der Waals surface area (Å²) < 4.78 is 0. The average molecular weight is 282 g/mol. The number of aliphatic hydroxyl groups is 1. The molecule has 0 aromatic heterocycles. The number of hydrogen-bond donors (Lipinski definition) is 1. The Hall–Kier alpha value is -2.38. The van der Waals surface area contributed by atoms with Crippen molar-refractivity contribution < 1.29 is 9.90 Å². The van der Waals surface area contributed by atoms with Crippen LogP contribution in [0.4, 0.5) is 0 Å². The van der Waals surface area contributed by atoms with Crippen molar-refractivity contribution in [2.45, 2.75) is 12.0 Å². The van der Waals surface area contributed by atoms with E-state index in [1.54, 1.807) is 20.2 Å². The van der Waals surface area contributed by atoms with Crippen LogP contribution in [0.25, 0.3) is 0 Å². The first-order valence-electron chi connectivity index (χ1n) is 6.71. The second-order valence-electron chi connectivity index (χ2n) is 4.98. The Bertz CT molecular complexity index is 667. The summed E-state index contributed by atoms with van der Waals surface area (Å²) in [5.41, 5.74) is 0.840. The van der Waals surface area contributed by atoms with Gasteiger partial charge < -0.3 is 10.0 Å². The highest BCUT2D eigenvalue weighted by Crippen LogP contribution is 2.20. The first kappa shape index (κ1) is 15.0. The standard InChI is InChI=1S/C17H18N2O2/c1-4-15(18-2)14-7-5-6-13(12-14)8-9-17(21)10-11-19(3)16(17)20/h4-7,12,21H,1,10-11H2,2-3H3. The Morgan fingerprint density at radius 2 is 2.33 bits per heavy atom. The predicted octanol–water partition coefficient (Wildman–Crippen LogP) is 1.24. The highest BCUT2D eigenvalue weighted by Gasteiger charge is 2.42. The van der Waals surface area contributed by atoms with Crippen molar-refractivity contribution in [3.05, 3.63) is 48.0 Å². The molecule has 1 fully saturated rings. The summed E-state index contributed by atoms with van der Waals surface area (Å²) in [6, 6.07) is 7.47. The zero-order valence-corrected chi connectivity index (χ0v) is 12.3. The largest absolute Gasteiger partial charge is 0.369 e. The van der Waals surface area contributed by atoms with E-state index < -0.39 is 5.60 Å². The molecule has 1 heterocycles. The van der Waals surface area contributed by atoms with Crippen LogP contribution in [0.15, 0.2) is 41.9 Å². The van der Waals surface area contributed by atoms with Crippen LogP contribution in [0.3, 0.4) is 0 Å². The molecule has 4 nitrogen and oxygen atoms in total. The fourth-order valence-corrected chi connectivity index (χ4v) is 2.24. The van der Waals surface area contributed by atoms with Gasteiger partial charge in [0.1, 0.15) is 0 Å². The van der Waals surface area contributed by atoms with Crippen molar-refractivity contribution in [1.29, 1.82) is 0 Å². The number of likely N-dealkylation sites (tertiary alicyclic amines) is 1. The predicted molar refractivity (Wildman–Crippen MR) is 83.2 cm³/mol. The third kappa shape index (κ3) is 3.04. The minimum absolute atomic E-state index is 0.337. The van der Waals surface area contributed by atoms with Gasteiger partial charge in [-0.2, -0.15) is 0 Å². The first-order valence-corrected chi connectivity index (χ1v) is 6.71. The SMILES string of the molecule is C=CC(=NC)c1cccc(C#CC2(O)CCN(C)C2=O)c1. The van der Waals surface area contributed by atoms with Crippen molar-refractivity contribution in [3.8, 4) is 11.8 Å². The molecule has 2 rings (SSSR count). The number of allylic oxidation sites excluding steroid dienone is 1. The van der Waals surface area contributed by atoms with Gasteiger partial charge in [-0.05, 0) is 18.2 Å². The second kappa shape index (κ2) is 5.94. The number of nitrogens with zero attached hydrogens (tertiary/aromatic N) is 2. The lowest BCUT2D eigenvalue weighted by molar-refractivity contribution is -0.137. The van der Waals surface area contributed by atoms with E-state index in [0.29, 0.717) is 13.0 Å². The topological polar surface area (TPSA) is 52.9 Å². The number of likely N-dealkylation sites (N-methyl/N-ethyl adjacent to an activating group) is 1. The lowest BCUT2D eigenvalue weighted by atomic mass is 10.0. The molecule has 1 aliphatic rings. The molecule has 21 heavy (non-hydrogen) atoms. The van der Waals surface area contributed by atoms with E-state index in [1.165, 1.54) is 4.90 Å². The number of aliphatic imine (C=N–C) groups is 1. The van der Waals surface area contributed by atoms with Gasteiger partial charge in [-0.25, -0.2) is 0 Å². The number of hydrogen-bond acceptors (Lipinski definition) is 3. The lowest BCUT2D eigenvalue weighted by Crippen LogP contribution is -2.37. The van der Waals surface area contributed by atoms with Gasteiger partial charge in [-0.3, -0.25) is 9.79 Å². The smallest absolute Gasteiger partial charge is 0.267 e. The molecular weight excluding hydrogens is 264 g/mol. The third-order valence-electron chi connectivity index (χ3n) is 3.52. The minimum atomic E-state index is -1.56. The summed E-state index contributed by atoms with van der Waals surface area (Å²) in [7, 11) is 3.36. The molecule has 1 N–H and O–H groups in total. The van der Waals surface area contributed by atoms with Gasteiger partial charge in [-0.1, -0.05) is 30.6 Å². The van der Waals surface area contributed by atoms with Crippen molar-refractivity contribution in [1.82, 2.24) is 4.90 Å². The van der Waals surface area contributed by atoms with E-state index in [4.69, 9.17) is 0 Å². The van der Waals surface area contributed by atoms with Crippen molar-refractivity contribution >= 4 is 11.6 Å². The maximum Gasteiger partial charge on any atom is 0.267 e. The van der Waals surface area contributed by atoms with Gasteiger partial charge in [0.2, 0.25) is 5.60 Å². The van der Waals surface area contributed by atoms with Crippen LogP contribution in [-0.2, 0) is 4.79 Å². The molecule has 1 amide bonds. The zero-order valence-electron chi connectivity index (χ0n) is 12.3. The number of carbonyl (C=O) groups excluding carboxylic acids is 1. The quantitative estimate of drug-likeness (QED) is 0.655. The maximum atomic E-state index is 11.9. The Kier molecular flexibility index (Phi) is 4.25. The van der Waals surface area contributed by atoms with E-state index in [-0.39, 0.29) is 5.91 Å². The third-order valence-corrected chi connectivity index (χ3v) is 3.52. The van der Waals surface area contributed by atoms with E-state index in [1.807, 2.05) is 24.3 Å². The fraction of sp³-hybridized carbons (Fsp3) is 0.294. The molecule has 0 bridgehead atoms. The van der Waals surface area contributed by atoms with Gasteiger partial charge >= 0.3 is 0 Å². The van der Waals surface area contributed by atoms with E-state index >= 15 is 0 Å². The molecule has 108 valence electrons. The number of carbonyl (C=O) groups is 1. The number of amides is 1. The Morgan fingerprint density at radius 1 is 1.57 bits per heavy atom. The summed E-state index contributed by atoms with van der Waals surface area (Å²) >= 11 is 0. The van der Waals surface area contributed by atoms with Crippen LogP contribution in [0.5, 0.6) is 0 Å². The monoisotopic (exact) mass is 282 g/mol. The molecular formula is C17H18N2O2. The van der Waals surface area contributed by atoms with Crippen LogP contribution in [0, 0.1) is 11.8 Å². The van der Waals surface area contributed by atoms with Gasteiger partial charge in [0.05, 0.1) is 5.71 Å². The minimum Gasteiger partial charge on any atom is -0.369 e. The highest BCUT2D eigenvalue weighted by atomic mass is 16.3. The lowest BCUT2D eigenvalue weighted by Gasteiger charge is -2.13. The van der Waals surface area contributed by atoms with Gasteiger partial charge in [-0.15, -0.1) is 0 Å². The molecule has 0 aliphatic carbocycles. The molecule has 1 aromatic carbocycles. The van der Waals surface area contributed by atoms with E-state index in [9.17, 15) is 9.90 Å². The summed E-state index contributed by atoms with van der Waals surface area (Å²) in [5.74, 6) is 5.25. The van der Waals surface area contributed by atoms with Crippen LogP contribution >= 0.6 is 0 Å². The Morgan fingerprint density at radius 3 is 2.90 bits per heavy atom. The zero-order chi connectivity index (χ0) is 15.5. The van der Waals surface area contributed by atoms with E-state index in [0.717, 1.165) is 16.8 Å². The normalized spacial score (nSPS) is 22.0. The number of benzene rings is 1. The average Bonchev–Trinajstić information content (AvgIpc) is 2.76. The van der Waals surface area contributed by atoms with Gasteiger partial charge in [0, 0.05) is 38.2 Å².